The zero-order chi connectivity index (χ0) is 10.3. The molecule has 0 unspecified atom stereocenters. The Morgan fingerprint density at radius 2 is 1.85 bits per heavy atom. The van der Waals surface area contributed by atoms with Gasteiger partial charge in [0, 0.05) is 18.6 Å². The van der Waals surface area contributed by atoms with E-state index in [0.29, 0.717) is 12.2 Å². The van der Waals surface area contributed by atoms with Crippen molar-refractivity contribution in [1.29, 1.82) is 0 Å². The Morgan fingerprint density at radius 3 is 2.31 bits per heavy atom. The Bertz CT molecular complexity index is 241. The van der Waals surface area contributed by atoms with Crippen LogP contribution in [0.15, 0.2) is 12.2 Å². The van der Waals surface area contributed by atoms with Crippen molar-refractivity contribution in [2.45, 2.75) is 13.3 Å². The van der Waals surface area contributed by atoms with Crippen molar-refractivity contribution in [1.82, 2.24) is 0 Å². The van der Waals surface area contributed by atoms with Gasteiger partial charge < -0.3 is 5.11 Å². The first kappa shape index (κ1) is 11.2. The predicted octanol–water partition coefficient (Wildman–Crippen LogP) is 0.0386. The molecule has 0 spiro atoms. The van der Waals surface area contributed by atoms with Crippen molar-refractivity contribution in [3.8, 4) is 0 Å². The summed E-state index contributed by atoms with van der Waals surface area (Å²) in [7, 11) is 0. The van der Waals surface area contributed by atoms with E-state index in [4.69, 9.17) is 5.11 Å². The fourth-order valence-corrected chi connectivity index (χ4v) is 0.314. The molecule has 0 saturated heterocycles. The van der Waals surface area contributed by atoms with Crippen molar-refractivity contribution in [2.75, 3.05) is 0 Å². The first-order chi connectivity index (χ1) is 6.06. The average molecular weight is 188 g/mol. The third kappa shape index (κ3) is 6.54. The Hall–Kier alpha value is -1.85. The van der Waals surface area contributed by atoms with E-state index in [1.165, 1.54) is 6.92 Å². The minimum absolute atomic E-state index is 0.0654. The van der Waals surface area contributed by atoms with Gasteiger partial charge in [-0.05, 0) is 0 Å². The average Bonchev–Trinajstić information content (AvgIpc) is 2.10. The Labute approximate surface area is 73.7 Å². The van der Waals surface area contributed by atoms with Gasteiger partial charge >= 0.3 is 17.9 Å². The number of rotatable bonds is 3. The van der Waals surface area contributed by atoms with Gasteiger partial charge in [-0.15, -0.1) is 0 Å². The summed E-state index contributed by atoms with van der Waals surface area (Å²) in [6.45, 7) is 1.52. The van der Waals surface area contributed by atoms with E-state index in [1.807, 2.05) is 0 Å². The summed E-state index contributed by atoms with van der Waals surface area (Å²) in [4.78, 5) is 38.7. The number of hydrogen-bond acceptors (Lipinski definition) is 5. The van der Waals surface area contributed by atoms with Crippen molar-refractivity contribution in [2.24, 2.45) is 0 Å². The molecule has 0 heterocycles. The van der Waals surface area contributed by atoms with Gasteiger partial charge in [0.1, 0.15) is 0 Å². The lowest BCUT2D eigenvalue weighted by Gasteiger charge is -1.96. The molecule has 0 aliphatic carbocycles. The van der Waals surface area contributed by atoms with Gasteiger partial charge in [-0.2, -0.15) is 0 Å². The molecule has 0 rings (SSSR count). The fraction of sp³-hybridized carbons (Fsp3) is 0.286. The number of carboxylic acid groups (broad SMARTS) is 1. The zero-order valence-electron chi connectivity index (χ0n) is 6.85. The van der Waals surface area contributed by atoms with E-state index in [2.05, 4.69) is 9.78 Å². The molecule has 0 aliphatic heterocycles. The van der Waals surface area contributed by atoms with Crippen LogP contribution in [0.5, 0.6) is 0 Å². The molecule has 72 valence electrons. The Kier molecular flexibility index (Phi) is 4.94. The molecule has 0 amide bonds. The SMILES string of the molecule is CCC(=O)OOC(=O)/C=C/C(=O)O. The van der Waals surface area contributed by atoms with E-state index in [-0.39, 0.29) is 6.42 Å². The van der Waals surface area contributed by atoms with Crippen LogP contribution >= 0.6 is 0 Å². The molecule has 0 saturated carbocycles. The maximum Gasteiger partial charge on any atom is 0.379 e. The molecule has 0 atom stereocenters. The van der Waals surface area contributed by atoms with Crippen molar-refractivity contribution < 1.29 is 29.3 Å². The second-order valence-electron chi connectivity index (χ2n) is 1.88. The Balaban J connectivity index is 3.76. The van der Waals surface area contributed by atoms with Gasteiger partial charge in [-0.25, -0.2) is 24.2 Å². The maximum atomic E-state index is 10.5. The lowest BCUT2D eigenvalue weighted by Crippen LogP contribution is -2.08. The van der Waals surface area contributed by atoms with Gasteiger partial charge in [0.05, 0.1) is 0 Å². The largest absolute Gasteiger partial charge is 0.478 e. The van der Waals surface area contributed by atoms with Gasteiger partial charge in [0.25, 0.3) is 0 Å². The van der Waals surface area contributed by atoms with E-state index >= 15 is 0 Å². The van der Waals surface area contributed by atoms with E-state index in [9.17, 15) is 14.4 Å². The van der Waals surface area contributed by atoms with Crippen LogP contribution in [-0.4, -0.2) is 23.0 Å². The molecule has 0 radical (unpaired) electrons. The Morgan fingerprint density at radius 1 is 1.23 bits per heavy atom. The molecular formula is C7H8O6. The normalized spacial score (nSPS) is 9.62. The molecule has 6 nitrogen and oxygen atoms in total. The third-order valence-electron chi connectivity index (χ3n) is 0.867. The summed E-state index contributed by atoms with van der Waals surface area (Å²) in [6, 6.07) is 0. The third-order valence-corrected chi connectivity index (χ3v) is 0.867. The minimum Gasteiger partial charge on any atom is -0.478 e. The summed E-state index contributed by atoms with van der Waals surface area (Å²) in [5.74, 6) is -3.06. The first-order valence-electron chi connectivity index (χ1n) is 3.38. The highest BCUT2D eigenvalue weighted by molar-refractivity contribution is 5.90. The number of carbonyl (C=O) groups excluding carboxylic acids is 2. The molecule has 0 aromatic rings. The lowest BCUT2D eigenvalue weighted by molar-refractivity contribution is -0.254. The highest BCUT2D eigenvalue weighted by Gasteiger charge is 2.04. The van der Waals surface area contributed by atoms with Crippen LogP contribution in [0, 0.1) is 0 Å². The van der Waals surface area contributed by atoms with Gasteiger partial charge in [0.15, 0.2) is 0 Å². The topological polar surface area (TPSA) is 89.9 Å². The quantitative estimate of drug-likeness (QED) is 0.382. The van der Waals surface area contributed by atoms with Crippen LogP contribution in [-0.2, 0) is 24.2 Å². The van der Waals surface area contributed by atoms with Crippen LogP contribution in [0.4, 0.5) is 0 Å². The summed E-state index contributed by atoms with van der Waals surface area (Å²) in [5, 5.41) is 8.08. The maximum absolute atomic E-state index is 10.5. The molecular weight excluding hydrogens is 180 g/mol. The van der Waals surface area contributed by atoms with E-state index in [0.717, 1.165) is 0 Å². The van der Waals surface area contributed by atoms with Crippen LogP contribution in [0.3, 0.4) is 0 Å². The molecule has 13 heavy (non-hydrogen) atoms. The highest BCUT2D eigenvalue weighted by Crippen LogP contribution is 1.88. The summed E-state index contributed by atoms with van der Waals surface area (Å²) >= 11 is 0. The fourth-order valence-electron chi connectivity index (χ4n) is 0.314. The number of carboxylic acids is 1. The molecule has 1 N–H and O–H groups in total. The molecule has 0 aliphatic rings. The number of hydrogen-bond donors (Lipinski definition) is 1. The van der Waals surface area contributed by atoms with Gasteiger partial charge in [-0.3, -0.25) is 0 Å². The van der Waals surface area contributed by atoms with Gasteiger partial charge in [0.2, 0.25) is 0 Å². The zero-order valence-corrected chi connectivity index (χ0v) is 6.85. The monoisotopic (exact) mass is 188 g/mol. The van der Waals surface area contributed by atoms with Crippen LogP contribution in [0.2, 0.25) is 0 Å². The van der Waals surface area contributed by atoms with E-state index < -0.39 is 17.9 Å². The second-order valence-corrected chi connectivity index (χ2v) is 1.88. The number of carbonyl (C=O) groups is 3. The standard InChI is InChI=1S/C7H8O6/c1-2-6(10)12-13-7(11)4-3-5(8)9/h3-4H,2H2,1H3,(H,8,9)/b4-3+. The van der Waals surface area contributed by atoms with Crippen LogP contribution < -0.4 is 0 Å². The smallest absolute Gasteiger partial charge is 0.379 e. The lowest BCUT2D eigenvalue weighted by atomic mass is 10.5. The second kappa shape index (κ2) is 5.76. The minimum atomic E-state index is -1.29. The van der Waals surface area contributed by atoms with Crippen molar-refractivity contribution >= 4 is 17.9 Å². The van der Waals surface area contributed by atoms with Crippen molar-refractivity contribution in [3.05, 3.63) is 12.2 Å². The molecule has 0 bridgehead atoms. The molecule has 0 aromatic carbocycles. The van der Waals surface area contributed by atoms with Crippen LogP contribution in [0.25, 0.3) is 0 Å². The molecule has 6 heteroatoms. The van der Waals surface area contributed by atoms with Gasteiger partial charge in [-0.1, -0.05) is 6.92 Å². The highest BCUT2D eigenvalue weighted by atomic mass is 17.2. The molecule has 0 fully saturated rings. The molecule has 0 aromatic heterocycles. The summed E-state index contributed by atoms with van der Waals surface area (Å²) in [6.07, 6.45) is 1.27. The number of aliphatic carboxylic acids is 1. The van der Waals surface area contributed by atoms with Crippen molar-refractivity contribution in [3.63, 3.8) is 0 Å². The van der Waals surface area contributed by atoms with E-state index in [1.54, 1.807) is 0 Å². The van der Waals surface area contributed by atoms with Crippen LogP contribution in [0.1, 0.15) is 13.3 Å². The first-order valence-corrected chi connectivity index (χ1v) is 3.38. The predicted molar refractivity (Wildman–Crippen MR) is 39.3 cm³/mol. The summed E-state index contributed by atoms with van der Waals surface area (Å²) in [5.41, 5.74) is 0. The summed E-state index contributed by atoms with van der Waals surface area (Å²) < 4.78 is 0.